The van der Waals surface area contributed by atoms with Gasteiger partial charge in [0.1, 0.15) is 0 Å². The summed E-state index contributed by atoms with van der Waals surface area (Å²) < 4.78 is 0. The van der Waals surface area contributed by atoms with Crippen molar-refractivity contribution in [2.45, 2.75) is 25.7 Å². The summed E-state index contributed by atoms with van der Waals surface area (Å²) in [5.41, 5.74) is 2.36. The van der Waals surface area contributed by atoms with Gasteiger partial charge in [0.15, 0.2) is 5.96 Å². The summed E-state index contributed by atoms with van der Waals surface area (Å²) in [6.45, 7) is 2.03. The number of amides is 2. The van der Waals surface area contributed by atoms with Crippen molar-refractivity contribution in [2.75, 3.05) is 26.7 Å². The van der Waals surface area contributed by atoms with Gasteiger partial charge >= 0.3 is 0 Å². The summed E-state index contributed by atoms with van der Waals surface area (Å²) in [5.74, 6) is 0.405. The quantitative estimate of drug-likeness (QED) is 0.175. The van der Waals surface area contributed by atoms with Crippen LogP contribution in [0.4, 0.5) is 0 Å². The third kappa shape index (κ3) is 6.29. The number of carbonyl (C=O) groups is 2. The van der Waals surface area contributed by atoms with Crippen molar-refractivity contribution in [2.24, 2.45) is 4.99 Å². The lowest BCUT2D eigenvalue weighted by Gasteiger charge is -2.15. The van der Waals surface area contributed by atoms with Gasteiger partial charge in [-0.25, -0.2) is 0 Å². The lowest BCUT2D eigenvalue weighted by molar-refractivity contribution is 0.0652. The molecule has 1 aliphatic rings. The zero-order valence-corrected chi connectivity index (χ0v) is 19.6. The van der Waals surface area contributed by atoms with E-state index in [0.717, 1.165) is 44.7 Å². The van der Waals surface area contributed by atoms with Crippen LogP contribution in [0.25, 0.3) is 0 Å². The highest BCUT2D eigenvalue weighted by Gasteiger charge is 2.34. The summed E-state index contributed by atoms with van der Waals surface area (Å²) in [6.07, 6.45) is 3.66. The molecule has 1 aliphatic heterocycles. The number of nitrogens with one attached hydrogen (secondary N) is 2. The van der Waals surface area contributed by atoms with Crippen molar-refractivity contribution in [3.05, 3.63) is 71.3 Å². The van der Waals surface area contributed by atoms with Gasteiger partial charge in [-0.2, -0.15) is 0 Å². The maximum atomic E-state index is 12.3. The number of benzene rings is 2. The first kappa shape index (κ1) is 23.9. The van der Waals surface area contributed by atoms with Crippen molar-refractivity contribution < 1.29 is 9.59 Å². The molecule has 0 fully saturated rings. The van der Waals surface area contributed by atoms with Crippen molar-refractivity contribution >= 4 is 41.8 Å². The molecular formula is C23H29IN4O2. The molecule has 0 aromatic heterocycles. The summed E-state index contributed by atoms with van der Waals surface area (Å²) >= 11 is 0. The van der Waals surface area contributed by atoms with E-state index in [1.807, 2.05) is 6.07 Å². The second-order valence-electron chi connectivity index (χ2n) is 7.03. The second kappa shape index (κ2) is 12.3. The number of hydrogen-bond donors (Lipinski definition) is 2. The maximum absolute atomic E-state index is 12.3. The van der Waals surface area contributed by atoms with Gasteiger partial charge in [0, 0.05) is 26.7 Å². The average Bonchev–Trinajstić information content (AvgIpc) is 3.00. The highest BCUT2D eigenvalue weighted by atomic mass is 127. The van der Waals surface area contributed by atoms with E-state index in [0.29, 0.717) is 17.7 Å². The van der Waals surface area contributed by atoms with Gasteiger partial charge in [0.05, 0.1) is 11.1 Å². The number of imide groups is 1. The van der Waals surface area contributed by atoms with Gasteiger partial charge in [0.25, 0.3) is 11.8 Å². The fourth-order valence-corrected chi connectivity index (χ4v) is 3.41. The van der Waals surface area contributed by atoms with E-state index in [1.54, 1.807) is 31.3 Å². The second-order valence-corrected chi connectivity index (χ2v) is 7.03. The standard InChI is InChI=1S/C23H28N4O2.HI/c1-24-23(26-16-9-12-18-10-3-2-4-11-18)25-15-7-8-17-27-21(28)19-13-5-6-14-20(19)22(27)29;/h2-6,10-11,13-14H,7-9,12,15-17H2,1H3,(H2,24,25,26);1H. The number of rotatable bonds is 9. The monoisotopic (exact) mass is 520 g/mol. The molecule has 0 bridgehead atoms. The molecule has 0 aliphatic carbocycles. The molecule has 0 spiro atoms. The summed E-state index contributed by atoms with van der Waals surface area (Å²) in [5, 5.41) is 6.60. The maximum Gasteiger partial charge on any atom is 0.261 e. The molecule has 2 aromatic carbocycles. The molecule has 3 rings (SSSR count). The molecule has 1 heterocycles. The lowest BCUT2D eigenvalue weighted by Crippen LogP contribution is -2.38. The van der Waals surface area contributed by atoms with E-state index in [1.165, 1.54) is 10.5 Å². The SMILES string of the molecule is CN=C(NCCCCN1C(=O)c2ccccc2C1=O)NCCCc1ccccc1.I. The van der Waals surface area contributed by atoms with Crippen molar-refractivity contribution in [3.8, 4) is 0 Å². The molecule has 2 N–H and O–H groups in total. The molecule has 2 aromatic rings. The topological polar surface area (TPSA) is 73.8 Å². The highest BCUT2D eigenvalue weighted by Crippen LogP contribution is 2.22. The number of aryl methyl sites for hydroxylation is 1. The first-order valence-corrected chi connectivity index (χ1v) is 10.1. The van der Waals surface area contributed by atoms with E-state index >= 15 is 0 Å². The molecule has 0 saturated carbocycles. The molecule has 30 heavy (non-hydrogen) atoms. The Kier molecular flexibility index (Phi) is 9.79. The van der Waals surface area contributed by atoms with E-state index in [-0.39, 0.29) is 35.8 Å². The molecular weight excluding hydrogens is 491 g/mol. The Bertz CT molecular complexity index is 836. The number of aliphatic imine (C=N–C) groups is 1. The molecule has 6 nitrogen and oxygen atoms in total. The molecule has 160 valence electrons. The Balaban J connectivity index is 0.00000320. The zero-order valence-electron chi connectivity index (χ0n) is 17.3. The molecule has 2 amide bonds. The predicted molar refractivity (Wildman–Crippen MR) is 131 cm³/mol. The van der Waals surface area contributed by atoms with Crippen LogP contribution in [0.5, 0.6) is 0 Å². The highest BCUT2D eigenvalue weighted by molar-refractivity contribution is 14.0. The third-order valence-corrected chi connectivity index (χ3v) is 4.98. The number of unbranched alkanes of at least 4 members (excludes halogenated alkanes) is 1. The van der Waals surface area contributed by atoms with Crippen LogP contribution in [0.1, 0.15) is 45.5 Å². The van der Waals surface area contributed by atoms with E-state index in [4.69, 9.17) is 0 Å². The zero-order chi connectivity index (χ0) is 20.5. The van der Waals surface area contributed by atoms with Gasteiger partial charge in [0.2, 0.25) is 0 Å². The predicted octanol–water partition coefficient (Wildman–Crippen LogP) is 3.48. The van der Waals surface area contributed by atoms with E-state index < -0.39 is 0 Å². The fourth-order valence-electron chi connectivity index (χ4n) is 3.41. The number of nitrogens with zero attached hydrogens (tertiary/aromatic N) is 2. The minimum atomic E-state index is -0.186. The number of guanidine groups is 1. The normalized spacial score (nSPS) is 13.1. The first-order valence-electron chi connectivity index (χ1n) is 10.1. The van der Waals surface area contributed by atoms with Crippen LogP contribution in [-0.2, 0) is 6.42 Å². The number of carbonyl (C=O) groups excluding carboxylic acids is 2. The molecule has 0 radical (unpaired) electrons. The summed E-state index contributed by atoms with van der Waals surface area (Å²) in [7, 11) is 1.76. The Labute approximate surface area is 195 Å². The Morgan fingerprint density at radius 3 is 2.00 bits per heavy atom. The lowest BCUT2D eigenvalue weighted by atomic mass is 10.1. The largest absolute Gasteiger partial charge is 0.356 e. The van der Waals surface area contributed by atoms with Crippen molar-refractivity contribution in [1.29, 1.82) is 0 Å². The first-order chi connectivity index (χ1) is 14.2. The van der Waals surface area contributed by atoms with Crippen LogP contribution in [0.3, 0.4) is 0 Å². The number of halogens is 1. The molecule has 7 heteroatoms. The van der Waals surface area contributed by atoms with Crippen molar-refractivity contribution in [3.63, 3.8) is 0 Å². The van der Waals surface area contributed by atoms with Gasteiger partial charge in [-0.3, -0.25) is 19.5 Å². The van der Waals surface area contributed by atoms with Crippen LogP contribution in [0, 0.1) is 0 Å². The van der Waals surface area contributed by atoms with Gasteiger partial charge in [-0.05, 0) is 43.4 Å². The van der Waals surface area contributed by atoms with Crippen LogP contribution in [-0.4, -0.2) is 49.4 Å². The van der Waals surface area contributed by atoms with Gasteiger partial charge in [-0.1, -0.05) is 42.5 Å². The van der Waals surface area contributed by atoms with Gasteiger partial charge in [-0.15, -0.1) is 24.0 Å². The van der Waals surface area contributed by atoms with Crippen LogP contribution >= 0.6 is 24.0 Å². The van der Waals surface area contributed by atoms with Crippen molar-refractivity contribution in [1.82, 2.24) is 15.5 Å². The molecule has 0 saturated heterocycles. The minimum Gasteiger partial charge on any atom is -0.356 e. The van der Waals surface area contributed by atoms with Crippen LogP contribution in [0.2, 0.25) is 0 Å². The van der Waals surface area contributed by atoms with Crippen LogP contribution in [0.15, 0.2) is 59.6 Å². The summed E-state index contributed by atoms with van der Waals surface area (Å²) in [4.78, 5) is 30.3. The van der Waals surface area contributed by atoms with Crippen LogP contribution < -0.4 is 10.6 Å². The Hall–Kier alpha value is -2.42. The third-order valence-electron chi connectivity index (χ3n) is 4.98. The smallest absolute Gasteiger partial charge is 0.261 e. The van der Waals surface area contributed by atoms with Gasteiger partial charge < -0.3 is 10.6 Å². The Morgan fingerprint density at radius 1 is 0.833 bits per heavy atom. The number of hydrogen-bond acceptors (Lipinski definition) is 3. The van der Waals surface area contributed by atoms with E-state index in [2.05, 4.69) is 39.9 Å². The summed E-state index contributed by atoms with van der Waals surface area (Å²) in [6, 6.07) is 17.4. The minimum absolute atomic E-state index is 0. The Morgan fingerprint density at radius 2 is 1.40 bits per heavy atom. The fraction of sp³-hybridized carbons (Fsp3) is 0.348. The number of fused-ring (bicyclic) bond motifs is 1. The molecule has 0 atom stereocenters. The average molecular weight is 520 g/mol. The van der Waals surface area contributed by atoms with E-state index in [9.17, 15) is 9.59 Å². The molecule has 0 unspecified atom stereocenters.